The Morgan fingerprint density at radius 3 is 2.61 bits per heavy atom. The fourth-order valence-corrected chi connectivity index (χ4v) is 2.58. The zero-order valence-corrected chi connectivity index (χ0v) is 15.6. The van der Waals surface area contributed by atoms with Gasteiger partial charge in [0.15, 0.2) is 11.5 Å². The van der Waals surface area contributed by atoms with Crippen molar-refractivity contribution in [2.45, 2.75) is 26.4 Å². The van der Waals surface area contributed by atoms with Gasteiger partial charge in [-0.3, -0.25) is 4.98 Å². The maximum Gasteiger partial charge on any atom is 0.387 e. The smallest absolute Gasteiger partial charge is 0.387 e. The van der Waals surface area contributed by atoms with Crippen LogP contribution in [0, 0.1) is 5.92 Å². The molecular weight excluding hydrogens is 368 g/mol. The monoisotopic (exact) mass is 391 g/mol. The van der Waals surface area contributed by atoms with E-state index in [9.17, 15) is 8.78 Å². The van der Waals surface area contributed by atoms with Gasteiger partial charge in [0.2, 0.25) is 0 Å². The van der Waals surface area contributed by atoms with Crippen molar-refractivity contribution in [3.63, 3.8) is 0 Å². The first-order chi connectivity index (χ1) is 13.7. The van der Waals surface area contributed by atoms with Crippen LogP contribution in [0.5, 0.6) is 11.5 Å². The van der Waals surface area contributed by atoms with Crippen LogP contribution in [0.1, 0.15) is 30.9 Å². The molecule has 1 aliphatic rings. The minimum absolute atomic E-state index is 0.0313. The summed E-state index contributed by atoms with van der Waals surface area (Å²) in [5.74, 6) is 0.829. The maximum atomic E-state index is 12.7. The molecule has 7 heteroatoms. The van der Waals surface area contributed by atoms with Crippen LogP contribution in [0.4, 0.5) is 8.78 Å². The van der Waals surface area contributed by atoms with Crippen molar-refractivity contribution in [3.05, 3.63) is 53.9 Å². The van der Waals surface area contributed by atoms with Gasteiger partial charge in [-0.05, 0) is 72.7 Å². The molecule has 1 heterocycles. The molecule has 28 heavy (non-hydrogen) atoms. The van der Waals surface area contributed by atoms with E-state index in [1.807, 2.05) is 25.1 Å². The van der Waals surface area contributed by atoms with Crippen molar-refractivity contribution in [1.29, 1.82) is 0 Å². The first-order valence-electron chi connectivity index (χ1n) is 9.22. The Morgan fingerprint density at radius 1 is 1.14 bits per heavy atom. The summed E-state index contributed by atoms with van der Waals surface area (Å²) in [5.41, 5.74) is 2.55. The van der Waals surface area contributed by atoms with E-state index in [4.69, 9.17) is 14.5 Å². The molecule has 0 radical (unpaired) electrons. The first kappa shape index (κ1) is 20.2. The Kier molecular flexibility index (Phi) is 7.33. The van der Waals surface area contributed by atoms with Gasteiger partial charge in [-0.1, -0.05) is 6.07 Å². The molecule has 150 valence electrons. The molecule has 0 saturated heterocycles. The Morgan fingerprint density at radius 2 is 1.93 bits per heavy atom. The van der Waals surface area contributed by atoms with Crippen molar-refractivity contribution in [2.75, 3.05) is 19.8 Å². The normalized spacial score (nSPS) is 14.4. The number of benzene rings is 1. The second-order valence-electron chi connectivity index (χ2n) is 6.41. The molecule has 0 atom stereocenters. The summed E-state index contributed by atoms with van der Waals surface area (Å²) in [7, 11) is 0. The highest BCUT2D eigenvalue weighted by molar-refractivity contribution is 5.82. The van der Waals surface area contributed by atoms with Gasteiger partial charge in [0.1, 0.15) is 6.61 Å². The second-order valence-corrected chi connectivity index (χ2v) is 6.41. The van der Waals surface area contributed by atoms with Crippen molar-refractivity contribution in [1.82, 2.24) is 4.98 Å². The Hall–Kier alpha value is -2.51. The van der Waals surface area contributed by atoms with Crippen LogP contribution in [0.25, 0.3) is 11.6 Å². The van der Waals surface area contributed by atoms with Crippen molar-refractivity contribution in [3.8, 4) is 11.5 Å². The van der Waals surface area contributed by atoms with Crippen LogP contribution < -0.4 is 9.47 Å². The number of hydrogen-bond acceptors (Lipinski definition) is 5. The average Bonchev–Trinajstić information content (AvgIpc) is 3.52. The van der Waals surface area contributed by atoms with Crippen LogP contribution >= 0.6 is 0 Å². The zero-order valence-electron chi connectivity index (χ0n) is 15.6. The molecule has 0 aliphatic heterocycles. The van der Waals surface area contributed by atoms with E-state index in [2.05, 4.69) is 9.72 Å². The summed E-state index contributed by atoms with van der Waals surface area (Å²) in [6.07, 6.45) is 7.48. The van der Waals surface area contributed by atoms with Gasteiger partial charge in [-0.2, -0.15) is 8.78 Å². The van der Waals surface area contributed by atoms with Crippen LogP contribution in [-0.2, 0) is 9.78 Å². The lowest BCUT2D eigenvalue weighted by molar-refractivity contribution is -0.280. The van der Waals surface area contributed by atoms with E-state index in [0.29, 0.717) is 24.9 Å². The van der Waals surface area contributed by atoms with Gasteiger partial charge in [0.25, 0.3) is 0 Å². The maximum absolute atomic E-state index is 12.7. The molecule has 3 rings (SSSR count). The molecule has 2 aromatic rings. The highest BCUT2D eigenvalue weighted by atomic mass is 19.3. The Labute approximate surface area is 162 Å². The van der Waals surface area contributed by atoms with E-state index < -0.39 is 6.61 Å². The number of halogens is 2. The van der Waals surface area contributed by atoms with Crippen LogP contribution in [-0.4, -0.2) is 31.4 Å². The predicted octanol–water partition coefficient (Wildman–Crippen LogP) is 4.98. The topological polar surface area (TPSA) is 49.8 Å². The van der Waals surface area contributed by atoms with E-state index in [1.165, 1.54) is 6.07 Å². The molecule has 0 bridgehead atoms. The molecule has 1 aromatic heterocycles. The molecule has 5 nitrogen and oxygen atoms in total. The van der Waals surface area contributed by atoms with Crippen molar-refractivity contribution in [2.24, 2.45) is 5.92 Å². The van der Waals surface area contributed by atoms with Gasteiger partial charge >= 0.3 is 6.61 Å². The van der Waals surface area contributed by atoms with Crippen molar-refractivity contribution >= 4 is 11.6 Å². The molecular formula is C21H23F2NO4. The highest BCUT2D eigenvalue weighted by Crippen LogP contribution is 2.35. The number of nitrogens with zero attached hydrogens (tertiary/aromatic N) is 1. The Balaban J connectivity index is 1.85. The summed E-state index contributed by atoms with van der Waals surface area (Å²) in [6, 6.07) is 8.61. The van der Waals surface area contributed by atoms with E-state index in [0.717, 1.165) is 29.5 Å². The molecule has 1 saturated carbocycles. The van der Waals surface area contributed by atoms with E-state index in [-0.39, 0.29) is 12.4 Å². The van der Waals surface area contributed by atoms with Crippen LogP contribution in [0.3, 0.4) is 0 Å². The summed E-state index contributed by atoms with van der Waals surface area (Å²) in [4.78, 5) is 14.2. The lowest BCUT2D eigenvalue weighted by Crippen LogP contribution is -2.06. The van der Waals surface area contributed by atoms with Crippen molar-refractivity contribution < 1.29 is 28.0 Å². The molecule has 0 N–H and O–H groups in total. The summed E-state index contributed by atoms with van der Waals surface area (Å²) in [6.45, 7) is 0.0865. The van der Waals surface area contributed by atoms with Gasteiger partial charge < -0.3 is 9.47 Å². The number of hydrogen-bond donors (Lipinski definition) is 0. The summed E-state index contributed by atoms with van der Waals surface area (Å²) in [5, 5.41) is 0. The molecule has 1 fully saturated rings. The minimum Gasteiger partial charge on any atom is -0.489 e. The molecule has 1 aromatic carbocycles. The summed E-state index contributed by atoms with van der Waals surface area (Å²) < 4.78 is 35.7. The molecule has 0 unspecified atom stereocenters. The number of rotatable bonds is 11. The fourth-order valence-electron chi connectivity index (χ4n) is 2.58. The number of pyridine rings is 1. The average molecular weight is 391 g/mol. The molecule has 1 aliphatic carbocycles. The number of ether oxygens (including phenoxy) is 2. The SMILES string of the molecule is CCOOC/C(=C\c1ccc(OC(F)F)c(OCC2CC2)c1)c1ccncc1. The third-order valence-electron chi connectivity index (χ3n) is 4.16. The number of alkyl halides is 2. The zero-order chi connectivity index (χ0) is 19.8. The minimum atomic E-state index is -2.91. The third-order valence-corrected chi connectivity index (χ3v) is 4.16. The second kappa shape index (κ2) is 10.1. The van der Waals surface area contributed by atoms with Gasteiger partial charge in [-0.15, -0.1) is 0 Å². The largest absolute Gasteiger partial charge is 0.489 e. The van der Waals surface area contributed by atoms with E-state index >= 15 is 0 Å². The summed E-state index contributed by atoms with van der Waals surface area (Å²) >= 11 is 0. The highest BCUT2D eigenvalue weighted by Gasteiger charge is 2.23. The van der Waals surface area contributed by atoms with E-state index in [1.54, 1.807) is 24.5 Å². The quantitative estimate of drug-likeness (QED) is 0.307. The predicted molar refractivity (Wildman–Crippen MR) is 101 cm³/mol. The van der Waals surface area contributed by atoms with Crippen LogP contribution in [0.15, 0.2) is 42.7 Å². The standard InChI is InChI=1S/C21H23F2NO4/c1-2-26-27-14-18(17-7-9-24-10-8-17)11-16-5-6-19(28-21(22)23)20(12-16)25-13-15-3-4-15/h5-12,15,21H,2-4,13-14H2,1H3/b18-11+. The number of aromatic nitrogens is 1. The molecule has 0 spiro atoms. The first-order valence-corrected chi connectivity index (χ1v) is 9.22. The van der Waals surface area contributed by atoms with Gasteiger partial charge in [-0.25, -0.2) is 9.78 Å². The lowest BCUT2D eigenvalue weighted by atomic mass is 10.0. The third kappa shape index (κ3) is 6.28. The van der Waals surface area contributed by atoms with Crippen LogP contribution in [0.2, 0.25) is 0 Å². The van der Waals surface area contributed by atoms with Gasteiger partial charge in [0.05, 0.1) is 13.2 Å². The lowest BCUT2D eigenvalue weighted by Gasteiger charge is -2.13. The van der Waals surface area contributed by atoms with Gasteiger partial charge in [0, 0.05) is 12.4 Å². The fraction of sp³-hybridized carbons (Fsp3) is 0.381. The molecule has 0 amide bonds. The Bertz CT molecular complexity index is 779.